The van der Waals surface area contributed by atoms with Gasteiger partial charge in [-0.25, -0.2) is 4.79 Å². The standard InChI is InChI=1S/C15H16N2O4/c18-12-8-11(9-16-10-12)2-3-13(19)17-6-1-4-15(17)5-7-21-14(15)20/h2-3,8-10,18H,1,4-7H2/b3-2+. The minimum Gasteiger partial charge on any atom is -0.506 e. The van der Waals surface area contributed by atoms with Crippen LogP contribution in [0.2, 0.25) is 0 Å². The van der Waals surface area contributed by atoms with Gasteiger partial charge in [-0.1, -0.05) is 0 Å². The molecular weight excluding hydrogens is 272 g/mol. The first-order chi connectivity index (χ1) is 10.1. The average Bonchev–Trinajstić information content (AvgIpc) is 3.05. The monoisotopic (exact) mass is 288 g/mol. The Balaban J connectivity index is 1.77. The SMILES string of the molecule is O=C(/C=C/c1cncc(O)c1)N1CCCC12CCOC2=O. The summed E-state index contributed by atoms with van der Waals surface area (Å²) < 4.78 is 5.05. The summed E-state index contributed by atoms with van der Waals surface area (Å²) in [4.78, 5) is 29.8. The van der Waals surface area contributed by atoms with Crippen LogP contribution in [0.4, 0.5) is 0 Å². The third-order valence-electron chi connectivity index (χ3n) is 4.05. The van der Waals surface area contributed by atoms with Gasteiger partial charge in [0.05, 0.1) is 12.8 Å². The number of amides is 1. The van der Waals surface area contributed by atoms with E-state index in [9.17, 15) is 14.7 Å². The van der Waals surface area contributed by atoms with Gasteiger partial charge in [0, 0.05) is 25.2 Å². The van der Waals surface area contributed by atoms with E-state index in [-0.39, 0.29) is 17.6 Å². The summed E-state index contributed by atoms with van der Waals surface area (Å²) in [6.07, 6.45) is 7.91. The molecule has 1 amide bonds. The molecule has 2 aliphatic rings. The molecule has 1 N–H and O–H groups in total. The molecule has 2 aliphatic heterocycles. The van der Waals surface area contributed by atoms with E-state index in [4.69, 9.17) is 4.74 Å². The van der Waals surface area contributed by atoms with E-state index in [2.05, 4.69) is 4.98 Å². The average molecular weight is 288 g/mol. The third-order valence-corrected chi connectivity index (χ3v) is 4.05. The summed E-state index contributed by atoms with van der Waals surface area (Å²) in [6, 6.07) is 1.51. The molecule has 6 nitrogen and oxygen atoms in total. The number of esters is 1. The van der Waals surface area contributed by atoms with Crippen LogP contribution in [0.3, 0.4) is 0 Å². The zero-order valence-corrected chi connectivity index (χ0v) is 11.5. The van der Waals surface area contributed by atoms with Crippen LogP contribution in [0, 0.1) is 0 Å². The number of carbonyl (C=O) groups is 2. The fourth-order valence-corrected chi connectivity index (χ4v) is 3.01. The molecule has 1 aromatic heterocycles. The Kier molecular flexibility index (Phi) is 3.37. The number of aromatic hydroxyl groups is 1. The van der Waals surface area contributed by atoms with Gasteiger partial charge >= 0.3 is 5.97 Å². The fraction of sp³-hybridized carbons (Fsp3) is 0.400. The lowest BCUT2D eigenvalue weighted by atomic mass is 9.94. The predicted octanol–water partition coefficient (Wildman–Crippen LogP) is 1.11. The normalized spacial score (nSPS) is 25.0. The maximum absolute atomic E-state index is 12.4. The second-order valence-electron chi connectivity index (χ2n) is 5.32. The zero-order valence-electron chi connectivity index (χ0n) is 11.5. The quantitative estimate of drug-likeness (QED) is 0.651. The number of rotatable bonds is 2. The van der Waals surface area contributed by atoms with E-state index in [0.29, 0.717) is 31.6 Å². The molecule has 1 unspecified atom stereocenters. The molecule has 0 bridgehead atoms. The van der Waals surface area contributed by atoms with E-state index >= 15 is 0 Å². The van der Waals surface area contributed by atoms with Crippen molar-refractivity contribution >= 4 is 18.0 Å². The summed E-state index contributed by atoms with van der Waals surface area (Å²) in [5, 5.41) is 9.34. The van der Waals surface area contributed by atoms with Crippen molar-refractivity contribution in [1.29, 1.82) is 0 Å². The van der Waals surface area contributed by atoms with Gasteiger partial charge in [-0.3, -0.25) is 9.78 Å². The maximum Gasteiger partial charge on any atom is 0.332 e. The first-order valence-electron chi connectivity index (χ1n) is 6.93. The third kappa shape index (κ3) is 2.37. The van der Waals surface area contributed by atoms with Crippen LogP contribution in [0.25, 0.3) is 6.08 Å². The fourth-order valence-electron chi connectivity index (χ4n) is 3.01. The number of nitrogens with zero attached hydrogens (tertiary/aromatic N) is 2. The van der Waals surface area contributed by atoms with Crippen molar-refractivity contribution < 1.29 is 19.4 Å². The number of hydrogen-bond acceptors (Lipinski definition) is 5. The minimum atomic E-state index is -0.765. The minimum absolute atomic E-state index is 0.0432. The Morgan fingerprint density at radius 2 is 2.29 bits per heavy atom. The number of ether oxygens (including phenoxy) is 1. The van der Waals surface area contributed by atoms with Gasteiger partial charge in [-0.2, -0.15) is 0 Å². The molecule has 1 aromatic rings. The van der Waals surface area contributed by atoms with E-state index in [1.54, 1.807) is 17.2 Å². The highest BCUT2D eigenvalue weighted by Crippen LogP contribution is 2.37. The topological polar surface area (TPSA) is 79.7 Å². The van der Waals surface area contributed by atoms with Crippen LogP contribution in [-0.4, -0.2) is 45.6 Å². The van der Waals surface area contributed by atoms with Crippen molar-refractivity contribution in [2.75, 3.05) is 13.2 Å². The van der Waals surface area contributed by atoms with E-state index in [0.717, 1.165) is 6.42 Å². The van der Waals surface area contributed by atoms with Crippen LogP contribution >= 0.6 is 0 Å². The molecule has 3 rings (SSSR count). The van der Waals surface area contributed by atoms with Gasteiger partial charge in [0.2, 0.25) is 5.91 Å². The number of cyclic esters (lactones) is 1. The highest BCUT2D eigenvalue weighted by Gasteiger charge is 2.53. The molecular formula is C15H16N2O4. The van der Waals surface area contributed by atoms with Gasteiger partial charge in [0.1, 0.15) is 11.3 Å². The van der Waals surface area contributed by atoms with Crippen LogP contribution in [-0.2, 0) is 14.3 Å². The molecule has 0 aliphatic carbocycles. The lowest BCUT2D eigenvalue weighted by molar-refractivity contribution is -0.151. The van der Waals surface area contributed by atoms with E-state index in [1.807, 2.05) is 0 Å². The highest BCUT2D eigenvalue weighted by molar-refractivity contribution is 5.97. The lowest BCUT2D eigenvalue weighted by Gasteiger charge is -2.30. The first-order valence-corrected chi connectivity index (χ1v) is 6.93. The molecule has 2 saturated heterocycles. The number of likely N-dealkylation sites (tertiary alicyclic amines) is 1. The molecule has 0 radical (unpaired) electrons. The smallest absolute Gasteiger partial charge is 0.332 e. The zero-order chi connectivity index (χ0) is 14.9. The van der Waals surface area contributed by atoms with Crippen molar-refractivity contribution in [2.24, 2.45) is 0 Å². The highest BCUT2D eigenvalue weighted by atomic mass is 16.5. The molecule has 21 heavy (non-hydrogen) atoms. The van der Waals surface area contributed by atoms with Crippen molar-refractivity contribution in [2.45, 2.75) is 24.8 Å². The molecule has 0 aromatic carbocycles. The molecule has 3 heterocycles. The number of aromatic nitrogens is 1. The van der Waals surface area contributed by atoms with Gasteiger partial charge in [0.25, 0.3) is 0 Å². The van der Waals surface area contributed by atoms with Crippen molar-refractivity contribution in [3.05, 3.63) is 30.1 Å². The first kappa shape index (κ1) is 13.6. The van der Waals surface area contributed by atoms with Crippen LogP contribution in [0.5, 0.6) is 5.75 Å². The second kappa shape index (κ2) is 5.20. The Bertz CT molecular complexity index is 609. The van der Waals surface area contributed by atoms with Gasteiger partial charge in [-0.15, -0.1) is 0 Å². The van der Waals surface area contributed by atoms with Gasteiger partial charge in [0.15, 0.2) is 0 Å². The Morgan fingerprint density at radius 1 is 1.43 bits per heavy atom. The number of carbonyl (C=O) groups excluding carboxylic acids is 2. The number of hydrogen-bond donors (Lipinski definition) is 1. The molecule has 2 fully saturated rings. The molecule has 110 valence electrons. The van der Waals surface area contributed by atoms with Crippen molar-refractivity contribution in [1.82, 2.24) is 9.88 Å². The number of pyridine rings is 1. The van der Waals surface area contributed by atoms with Gasteiger partial charge in [-0.05, 0) is 30.5 Å². The largest absolute Gasteiger partial charge is 0.506 e. The van der Waals surface area contributed by atoms with Crippen LogP contribution < -0.4 is 0 Å². The summed E-state index contributed by atoms with van der Waals surface area (Å²) >= 11 is 0. The Labute approximate surface area is 122 Å². The summed E-state index contributed by atoms with van der Waals surface area (Å²) in [6.45, 7) is 0.944. The van der Waals surface area contributed by atoms with Crippen LogP contribution in [0.1, 0.15) is 24.8 Å². The second-order valence-corrected chi connectivity index (χ2v) is 5.32. The summed E-state index contributed by atoms with van der Waals surface area (Å²) in [7, 11) is 0. The Hall–Kier alpha value is -2.37. The predicted molar refractivity (Wildman–Crippen MR) is 74.2 cm³/mol. The van der Waals surface area contributed by atoms with Gasteiger partial charge < -0.3 is 14.7 Å². The van der Waals surface area contributed by atoms with E-state index < -0.39 is 5.54 Å². The van der Waals surface area contributed by atoms with Crippen LogP contribution in [0.15, 0.2) is 24.5 Å². The lowest BCUT2D eigenvalue weighted by Crippen LogP contribution is -2.50. The Morgan fingerprint density at radius 3 is 3.00 bits per heavy atom. The molecule has 1 spiro atoms. The van der Waals surface area contributed by atoms with E-state index in [1.165, 1.54) is 18.3 Å². The molecule has 0 saturated carbocycles. The van der Waals surface area contributed by atoms with Crippen molar-refractivity contribution in [3.63, 3.8) is 0 Å². The molecule has 6 heteroatoms. The summed E-state index contributed by atoms with van der Waals surface area (Å²) in [5.41, 5.74) is -0.135. The summed E-state index contributed by atoms with van der Waals surface area (Å²) in [5.74, 6) is -0.461. The molecule has 1 atom stereocenters. The maximum atomic E-state index is 12.4. The van der Waals surface area contributed by atoms with Crippen molar-refractivity contribution in [3.8, 4) is 5.75 Å².